The van der Waals surface area contributed by atoms with Crippen LogP contribution in [0.5, 0.6) is 0 Å². The van der Waals surface area contributed by atoms with Gasteiger partial charge in [0.2, 0.25) is 0 Å². The summed E-state index contributed by atoms with van der Waals surface area (Å²) in [6.07, 6.45) is 0. The molecular weight excluding hydrogens is 247 g/mol. The lowest BCUT2D eigenvalue weighted by Crippen LogP contribution is -1.78. The minimum atomic E-state index is -0.307. The highest BCUT2D eigenvalue weighted by Crippen LogP contribution is 2.23. The molecule has 0 unspecified atom stereocenters. The Morgan fingerprint density at radius 3 is 3.00 bits per heavy atom. The summed E-state index contributed by atoms with van der Waals surface area (Å²) in [5.74, 6) is 5.26. The van der Waals surface area contributed by atoms with Crippen LogP contribution in [0, 0.1) is 17.7 Å². The van der Waals surface area contributed by atoms with Crippen molar-refractivity contribution in [2.24, 2.45) is 0 Å². The van der Waals surface area contributed by atoms with E-state index in [4.69, 9.17) is 0 Å². The van der Waals surface area contributed by atoms with Gasteiger partial charge < -0.3 is 0 Å². The van der Waals surface area contributed by atoms with Crippen molar-refractivity contribution >= 4 is 26.8 Å². The number of rotatable bonds is 0. The Kier molecular flexibility index (Phi) is 2.26. The van der Waals surface area contributed by atoms with Crippen molar-refractivity contribution in [3.63, 3.8) is 0 Å². The molecular formula is C10H6BrFN2. The van der Waals surface area contributed by atoms with Crippen LogP contribution >= 0.6 is 15.9 Å². The number of hydrogen-bond acceptors (Lipinski definition) is 1. The fraction of sp³-hybridized carbons (Fsp3) is 0.100. The van der Waals surface area contributed by atoms with Crippen molar-refractivity contribution in [1.29, 1.82) is 0 Å². The van der Waals surface area contributed by atoms with Gasteiger partial charge in [-0.3, -0.25) is 5.10 Å². The topological polar surface area (TPSA) is 28.7 Å². The zero-order chi connectivity index (χ0) is 10.1. The highest BCUT2D eigenvalue weighted by molar-refractivity contribution is 9.10. The van der Waals surface area contributed by atoms with Crippen molar-refractivity contribution in [1.82, 2.24) is 10.2 Å². The van der Waals surface area contributed by atoms with E-state index >= 15 is 0 Å². The number of aromatic nitrogens is 2. The molecule has 0 saturated heterocycles. The van der Waals surface area contributed by atoms with E-state index in [1.165, 1.54) is 6.07 Å². The third-order valence-corrected chi connectivity index (χ3v) is 2.45. The average molecular weight is 253 g/mol. The van der Waals surface area contributed by atoms with Gasteiger partial charge in [-0.15, -0.1) is 0 Å². The van der Waals surface area contributed by atoms with Gasteiger partial charge in [-0.1, -0.05) is 5.92 Å². The molecule has 0 aliphatic heterocycles. The SMILES string of the molecule is CC#Cc1[nH]nc2cc(Br)c(F)cc12. The summed E-state index contributed by atoms with van der Waals surface area (Å²) in [4.78, 5) is 0. The van der Waals surface area contributed by atoms with Crippen LogP contribution in [0.25, 0.3) is 10.9 Å². The van der Waals surface area contributed by atoms with E-state index in [0.717, 1.165) is 0 Å². The number of halogens is 2. The minimum Gasteiger partial charge on any atom is -0.269 e. The molecule has 0 fully saturated rings. The second-order valence-electron chi connectivity index (χ2n) is 2.76. The first kappa shape index (κ1) is 9.22. The summed E-state index contributed by atoms with van der Waals surface area (Å²) in [6, 6.07) is 3.05. The first-order valence-electron chi connectivity index (χ1n) is 3.98. The standard InChI is InChI=1S/C10H6BrFN2/c1-2-3-9-6-4-8(12)7(11)5-10(6)14-13-9/h4-5H,1H3,(H,13,14). The van der Waals surface area contributed by atoms with Gasteiger partial charge in [-0.2, -0.15) is 5.10 Å². The zero-order valence-electron chi connectivity index (χ0n) is 7.36. The van der Waals surface area contributed by atoms with Crippen LogP contribution in [0.3, 0.4) is 0 Å². The lowest BCUT2D eigenvalue weighted by molar-refractivity contribution is 0.623. The highest BCUT2D eigenvalue weighted by atomic mass is 79.9. The fourth-order valence-electron chi connectivity index (χ4n) is 1.23. The van der Waals surface area contributed by atoms with E-state index in [1.54, 1.807) is 13.0 Å². The van der Waals surface area contributed by atoms with Crippen LogP contribution < -0.4 is 0 Å². The molecule has 0 spiro atoms. The molecule has 14 heavy (non-hydrogen) atoms. The third kappa shape index (κ3) is 1.40. The Labute approximate surface area is 88.6 Å². The number of nitrogens with zero attached hydrogens (tertiary/aromatic N) is 1. The number of H-pyrrole nitrogens is 1. The first-order valence-corrected chi connectivity index (χ1v) is 4.77. The normalized spacial score (nSPS) is 9.93. The molecule has 0 amide bonds. The van der Waals surface area contributed by atoms with Crippen LogP contribution in [-0.2, 0) is 0 Å². The van der Waals surface area contributed by atoms with E-state index < -0.39 is 0 Å². The predicted octanol–water partition coefficient (Wildman–Crippen LogP) is 2.84. The largest absolute Gasteiger partial charge is 0.269 e. The summed E-state index contributed by atoms with van der Waals surface area (Å²) in [6.45, 7) is 1.72. The van der Waals surface area contributed by atoms with E-state index in [9.17, 15) is 4.39 Å². The molecule has 0 atom stereocenters. The van der Waals surface area contributed by atoms with Gasteiger partial charge in [0.1, 0.15) is 11.5 Å². The molecule has 1 aromatic heterocycles. The minimum absolute atomic E-state index is 0.307. The number of benzene rings is 1. The lowest BCUT2D eigenvalue weighted by Gasteiger charge is -1.93. The fourth-order valence-corrected chi connectivity index (χ4v) is 1.56. The molecule has 0 bridgehead atoms. The quantitative estimate of drug-likeness (QED) is 0.718. The van der Waals surface area contributed by atoms with Gasteiger partial charge in [0.15, 0.2) is 0 Å². The van der Waals surface area contributed by atoms with Gasteiger partial charge >= 0.3 is 0 Å². The number of hydrogen-bond donors (Lipinski definition) is 1. The second kappa shape index (κ2) is 3.43. The summed E-state index contributed by atoms with van der Waals surface area (Å²) in [5, 5.41) is 7.48. The maximum atomic E-state index is 13.2. The summed E-state index contributed by atoms with van der Waals surface area (Å²) in [5.41, 5.74) is 1.35. The van der Waals surface area contributed by atoms with Crippen LogP contribution in [0.1, 0.15) is 12.6 Å². The second-order valence-corrected chi connectivity index (χ2v) is 3.61. The van der Waals surface area contributed by atoms with Gasteiger partial charge in [0, 0.05) is 5.39 Å². The van der Waals surface area contributed by atoms with Gasteiger partial charge in [-0.25, -0.2) is 4.39 Å². The Morgan fingerprint density at radius 2 is 2.29 bits per heavy atom. The molecule has 4 heteroatoms. The Hall–Kier alpha value is -1.34. The van der Waals surface area contributed by atoms with E-state index in [1.807, 2.05) is 0 Å². The molecule has 0 aliphatic carbocycles. The number of nitrogens with one attached hydrogen (secondary N) is 1. The third-order valence-electron chi connectivity index (χ3n) is 1.85. The molecule has 1 N–H and O–H groups in total. The van der Waals surface area contributed by atoms with Crippen LogP contribution in [0.15, 0.2) is 16.6 Å². The predicted molar refractivity (Wildman–Crippen MR) is 56.3 cm³/mol. The van der Waals surface area contributed by atoms with Crippen LogP contribution in [-0.4, -0.2) is 10.2 Å². The van der Waals surface area contributed by atoms with Crippen molar-refractivity contribution in [2.75, 3.05) is 0 Å². The molecule has 2 rings (SSSR count). The number of fused-ring (bicyclic) bond motifs is 1. The molecule has 0 aliphatic rings. The molecule has 1 heterocycles. The monoisotopic (exact) mass is 252 g/mol. The highest BCUT2D eigenvalue weighted by Gasteiger charge is 2.07. The summed E-state index contributed by atoms with van der Waals surface area (Å²) in [7, 11) is 0. The summed E-state index contributed by atoms with van der Waals surface area (Å²) >= 11 is 3.10. The van der Waals surface area contributed by atoms with Crippen molar-refractivity contribution < 1.29 is 4.39 Å². The van der Waals surface area contributed by atoms with E-state index in [2.05, 4.69) is 38.0 Å². The van der Waals surface area contributed by atoms with E-state index in [-0.39, 0.29) is 5.82 Å². The molecule has 1 aromatic carbocycles. The summed E-state index contributed by atoms with van der Waals surface area (Å²) < 4.78 is 13.6. The number of aromatic amines is 1. The van der Waals surface area contributed by atoms with E-state index in [0.29, 0.717) is 21.1 Å². The Bertz CT molecular complexity index is 548. The van der Waals surface area contributed by atoms with Crippen molar-refractivity contribution in [3.8, 4) is 11.8 Å². The molecule has 2 aromatic rings. The average Bonchev–Trinajstić information content (AvgIpc) is 2.51. The molecule has 0 radical (unpaired) electrons. The molecule has 2 nitrogen and oxygen atoms in total. The van der Waals surface area contributed by atoms with Crippen molar-refractivity contribution in [2.45, 2.75) is 6.92 Å². The van der Waals surface area contributed by atoms with Crippen LogP contribution in [0.2, 0.25) is 0 Å². The van der Waals surface area contributed by atoms with Crippen LogP contribution in [0.4, 0.5) is 4.39 Å². The lowest BCUT2D eigenvalue weighted by atomic mass is 10.2. The maximum absolute atomic E-state index is 13.2. The Balaban J connectivity index is 2.78. The Morgan fingerprint density at radius 1 is 1.50 bits per heavy atom. The van der Waals surface area contributed by atoms with Gasteiger partial charge in [0.05, 0.1) is 9.99 Å². The van der Waals surface area contributed by atoms with Gasteiger partial charge in [-0.05, 0) is 40.9 Å². The zero-order valence-corrected chi connectivity index (χ0v) is 8.94. The first-order chi connectivity index (χ1) is 6.72. The van der Waals surface area contributed by atoms with Gasteiger partial charge in [0.25, 0.3) is 0 Å². The maximum Gasteiger partial charge on any atom is 0.138 e. The molecule has 70 valence electrons. The molecule has 0 saturated carbocycles. The van der Waals surface area contributed by atoms with Crippen molar-refractivity contribution in [3.05, 3.63) is 28.1 Å². The smallest absolute Gasteiger partial charge is 0.138 e.